The van der Waals surface area contributed by atoms with E-state index in [1.807, 2.05) is 54.7 Å². The molecule has 29 heavy (non-hydrogen) atoms. The lowest BCUT2D eigenvalue weighted by Gasteiger charge is -2.12. The smallest absolute Gasteiger partial charge is 0.170 e. The number of benzene rings is 2. The summed E-state index contributed by atoms with van der Waals surface area (Å²) < 4.78 is 1.78. The number of nitriles is 1. The van der Waals surface area contributed by atoms with Crippen LogP contribution in [0.15, 0.2) is 72.9 Å². The molecule has 1 N–H and O–H groups in total. The second kappa shape index (κ2) is 6.82. The highest BCUT2D eigenvalue weighted by atomic mass is 16.3. The Hall–Kier alpha value is -4.08. The number of pyridine rings is 2. The summed E-state index contributed by atoms with van der Waals surface area (Å²) in [6, 6.07) is 23.6. The summed E-state index contributed by atoms with van der Waals surface area (Å²) in [5.41, 5.74) is 5.81. The minimum absolute atomic E-state index is 0.186. The summed E-state index contributed by atoms with van der Waals surface area (Å²) >= 11 is 0. The number of aliphatic hydroxyl groups is 1. The first-order chi connectivity index (χ1) is 14.3. The van der Waals surface area contributed by atoms with E-state index in [0.29, 0.717) is 17.0 Å². The van der Waals surface area contributed by atoms with Crippen LogP contribution in [0.25, 0.3) is 38.9 Å². The normalized spacial score (nSPS) is 11.0. The van der Waals surface area contributed by atoms with Crippen LogP contribution >= 0.6 is 0 Å². The first kappa shape index (κ1) is 17.0. The van der Waals surface area contributed by atoms with Crippen molar-refractivity contribution in [2.45, 2.75) is 6.61 Å². The molecule has 6 nitrogen and oxygen atoms in total. The van der Waals surface area contributed by atoms with Gasteiger partial charge in [0, 0.05) is 22.7 Å². The molecule has 2 aromatic carbocycles. The molecular formula is C23H15N5O. The molecule has 0 unspecified atom stereocenters. The van der Waals surface area contributed by atoms with E-state index < -0.39 is 0 Å². The topological polar surface area (TPSA) is 87.1 Å². The van der Waals surface area contributed by atoms with E-state index in [1.54, 1.807) is 16.5 Å². The van der Waals surface area contributed by atoms with Crippen molar-refractivity contribution in [3.8, 4) is 28.5 Å². The second-order valence-electron chi connectivity index (χ2n) is 6.66. The Bertz CT molecular complexity index is 1380. The van der Waals surface area contributed by atoms with Gasteiger partial charge in [-0.15, -0.1) is 10.2 Å². The van der Waals surface area contributed by atoms with Crippen LogP contribution in [0.4, 0.5) is 0 Å². The van der Waals surface area contributed by atoms with E-state index in [4.69, 9.17) is 10.2 Å². The fourth-order valence-electron chi connectivity index (χ4n) is 3.51. The van der Waals surface area contributed by atoms with E-state index in [9.17, 15) is 5.11 Å². The van der Waals surface area contributed by atoms with Gasteiger partial charge in [-0.05, 0) is 29.8 Å². The van der Waals surface area contributed by atoms with E-state index in [-0.39, 0.29) is 6.61 Å². The Morgan fingerprint density at radius 1 is 0.931 bits per heavy atom. The summed E-state index contributed by atoms with van der Waals surface area (Å²) in [6.45, 7) is -0.186. The highest BCUT2D eigenvalue weighted by Gasteiger charge is 2.15. The molecule has 3 aromatic heterocycles. The molecule has 0 radical (unpaired) electrons. The highest BCUT2D eigenvalue weighted by Crippen LogP contribution is 2.34. The Morgan fingerprint density at radius 3 is 2.45 bits per heavy atom. The zero-order valence-electron chi connectivity index (χ0n) is 15.3. The van der Waals surface area contributed by atoms with Crippen LogP contribution in [0.1, 0.15) is 11.4 Å². The number of rotatable bonds is 3. The van der Waals surface area contributed by atoms with Gasteiger partial charge in [0.1, 0.15) is 6.61 Å². The quantitative estimate of drug-likeness (QED) is 0.514. The van der Waals surface area contributed by atoms with Crippen molar-refractivity contribution in [1.82, 2.24) is 19.6 Å². The molecule has 0 bridgehead atoms. The molecule has 5 rings (SSSR count). The lowest BCUT2D eigenvalue weighted by molar-refractivity contribution is 0.270. The van der Waals surface area contributed by atoms with Gasteiger partial charge >= 0.3 is 0 Å². The van der Waals surface area contributed by atoms with Crippen LogP contribution in [0.3, 0.4) is 0 Å². The van der Waals surface area contributed by atoms with Crippen molar-refractivity contribution in [2.24, 2.45) is 0 Å². The third-order valence-corrected chi connectivity index (χ3v) is 4.95. The molecule has 0 aliphatic carbocycles. The van der Waals surface area contributed by atoms with E-state index in [0.717, 1.165) is 33.3 Å². The van der Waals surface area contributed by atoms with Gasteiger partial charge < -0.3 is 5.11 Å². The summed E-state index contributed by atoms with van der Waals surface area (Å²) in [4.78, 5) is 4.94. The Kier molecular flexibility index (Phi) is 4.01. The lowest BCUT2D eigenvalue weighted by atomic mass is 9.97. The maximum atomic E-state index is 9.50. The van der Waals surface area contributed by atoms with Crippen LogP contribution in [-0.2, 0) is 6.61 Å². The Balaban J connectivity index is 1.83. The predicted octanol–water partition coefficient (Wildman–Crippen LogP) is 3.98. The zero-order valence-corrected chi connectivity index (χ0v) is 15.3. The minimum Gasteiger partial charge on any atom is -0.388 e. The summed E-state index contributed by atoms with van der Waals surface area (Å²) in [5, 5.41) is 27.8. The monoisotopic (exact) mass is 377 g/mol. The third-order valence-electron chi connectivity index (χ3n) is 4.95. The largest absolute Gasteiger partial charge is 0.388 e. The lowest BCUT2D eigenvalue weighted by Crippen LogP contribution is -1.96. The van der Waals surface area contributed by atoms with Gasteiger partial charge in [-0.1, -0.05) is 42.5 Å². The molecule has 5 aromatic rings. The molecule has 0 aliphatic rings. The van der Waals surface area contributed by atoms with Crippen molar-refractivity contribution in [2.75, 3.05) is 0 Å². The number of fused-ring (bicyclic) bond motifs is 3. The van der Waals surface area contributed by atoms with Gasteiger partial charge in [-0.3, -0.25) is 4.40 Å². The van der Waals surface area contributed by atoms with Gasteiger partial charge in [0.2, 0.25) is 0 Å². The Labute approximate surface area is 166 Å². The molecule has 0 saturated heterocycles. The molecule has 0 atom stereocenters. The van der Waals surface area contributed by atoms with Crippen molar-refractivity contribution in [1.29, 1.82) is 5.26 Å². The van der Waals surface area contributed by atoms with Gasteiger partial charge in [-0.25, -0.2) is 4.98 Å². The van der Waals surface area contributed by atoms with E-state index in [1.165, 1.54) is 0 Å². The van der Waals surface area contributed by atoms with E-state index >= 15 is 0 Å². The molecule has 0 amide bonds. The zero-order chi connectivity index (χ0) is 19.8. The van der Waals surface area contributed by atoms with Crippen LogP contribution in [0.5, 0.6) is 0 Å². The average Bonchev–Trinajstić information content (AvgIpc) is 3.22. The average molecular weight is 377 g/mol. The van der Waals surface area contributed by atoms with Gasteiger partial charge in [0.25, 0.3) is 0 Å². The van der Waals surface area contributed by atoms with Crippen LogP contribution in [0, 0.1) is 11.3 Å². The van der Waals surface area contributed by atoms with Gasteiger partial charge in [0.15, 0.2) is 11.5 Å². The van der Waals surface area contributed by atoms with Crippen molar-refractivity contribution < 1.29 is 5.11 Å². The maximum absolute atomic E-state index is 9.50. The molecule has 0 saturated carbocycles. The van der Waals surface area contributed by atoms with Crippen molar-refractivity contribution >= 4 is 16.6 Å². The molecule has 138 valence electrons. The number of aromatic nitrogens is 4. The molecular weight excluding hydrogens is 362 g/mol. The molecule has 0 aliphatic heterocycles. The minimum atomic E-state index is -0.186. The van der Waals surface area contributed by atoms with Crippen molar-refractivity contribution in [3.63, 3.8) is 0 Å². The fraction of sp³-hybridized carbons (Fsp3) is 0.0435. The predicted molar refractivity (Wildman–Crippen MR) is 110 cm³/mol. The highest BCUT2D eigenvalue weighted by molar-refractivity contribution is 5.98. The fourth-order valence-corrected chi connectivity index (χ4v) is 3.51. The van der Waals surface area contributed by atoms with Crippen LogP contribution in [-0.4, -0.2) is 24.7 Å². The van der Waals surface area contributed by atoms with Gasteiger partial charge in [-0.2, -0.15) is 5.26 Å². The molecule has 6 heteroatoms. The van der Waals surface area contributed by atoms with Crippen LogP contribution in [0.2, 0.25) is 0 Å². The van der Waals surface area contributed by atoms with Gasteiger partial charge in [0.05, 0.1) is 22.8 Å². The number of hydrogen-bond donors (Lipinski definition) is 1. The number of nitrogens with zero attached hydrogens (tertiary/aromatic N) is 5. The second-order valence-corrected chi connectivity index (χ2v) is 6.66. The maximum Gasteiger partial charge on any atom is 0.170 e. The molecule has 0 spiro atoms. The first-order valence-corrected chi connectivity index (χ1v) is 9.12. The third kappa shape index (κ3) is 2.81. The van der Waals surface area contributed by atoms with Crippen LogP contribution < -0.4 is 0 Å². The standard InChI is InChI=1S/C23H15N5O/c24-13-15-6-8-17(9-7-15)22-18(16-4-2-1-3-5-16)12-19-20(25-22)10-11-28-21(14-29)26-27-23(19)28/h1-12,29H,14H2. The summed E-state index contributed by atoms with van der Waals surface area (Å²) in [6.07, 6.45) is 1.82. The van der Waals surface area contributed by atoms with E-state index in [2.05, 4.69) is 22.3 Å². The molecule has 3 heterocycles. The SMILES string of the molecule is N#Cc1ccc(-c2nc3ccn4c(CO)nnc4c3cc2-c2ccccc2)cc1. The first-order valence-electron chi connectivity index (χ1n) is 9.12. The summed E-state index contributed by atoms with van der Waals surface area (Å²) in [7, 11) is 0. The number of aliphatic hydroxyl groups excluding tert-OH is 1. The van der Waals surface area contributed by atoms with Crippen molar-refractivity contribution in [3.05, 3.63) is 84.3 Å². The summed E-state index contributed by atoms with van der Waals surface area (Å²) in [5.74, 6) is 0.485. The number of hydrogen-bond acceptors (Lipinski definition) is 5. The Morgan fingerprint density at radius 2 is 1.72 bits per heavy atom. The molecule has 0 fully saturated rings.